The van der Waals surface area contributed by atoms with E-state index in [0.29, 0.717) is 11.8 Å². The molecule has 21 heavy (non-hydrogen) atoms. The fourth-order valence-electron chi connectivity index (χ4n) is 1.29. The van der Waals surface area contributed by atoms with Gasteiger partial charge in [0, 0.05) is 37.0 Å². The summed E-state index contributed by atoms with van der Waals surface area (Å²) in [6.07, 6.45) is 1.19. The molecule has 0 saturated heterocycles. The molecule has 0 N–H and O–H groups in total. The molecule has 0 amide bonds. The predicted octanol–water partition coefficient (Wildman–Crippen LogP) is 3.78. The first-order valence-corrected chi connectivity index (χ1v) is 6.78. The van der Waals surface area contributed by atoms with Gasteiger partial charge in [-0.3, -0.25) is 10.1 Å². The average molecular weight is 317 g/mol. The first-order chi connectivity index (χ1) is 9.67. The number of methoxy groups -OCH3 is 1. The van der Waals surface area contributed by atoms with Gasteiger partial charge in [-0.2, -0.15) is 13.5 Å². The second kappa shape index (κ2) is 18.6. The van der Waals surface area contributed by atoms with Crippen LogP contribution in [0, 0.1) is 10.1 Å². The van der Waals surface area contributed by atoms with E-state index in [1.807, 2.05) is 20.8 Å². The van der Waals surface area contributed by atoms with Crippen molar-refractivity contribution in [3.8, 4) is 0 Å². The highest BCUT2D eigenvalue weighted by Crippen LogP contribution is 2.20. The largest absolute Gasteiger partial charge is 0.385 e. The van der Waals surface area contributed by atoms with E-state index >= 15 is 0 Å². The van der Waals surface area contributed by atoms with Gasteiger partial charge in [-0.1, -0.05) is 44.2 Å². The fraction of sp³-hybridized carbons (Fsp3) is 0.533. The Morgan fingerprint density at radius 1 is 1.29 bits per heavy atom. The third-order valence-corrected chi connectivity index (χ3v) is 2.29. The molecule has 1 unspecified atom stereocenters. The van der Waals surface area contributed by atoms with Crippen LogP contribution >= 0.6 is 13.5 Å². The summed E-state index contributed by atoms with van der Waals surface area (Å²) in [6, 6.07) is 7.97. The van der Waals surface area contributed by atoms with Crippen molar-refractivity contribution in [2.45, 2.75) is 39.7 Å². The van der Waals surface area contributed by atoms with Gasteiger partial charge in [-0.25, -0.2) is 0 Å². The smallest absolute Gasteiger partial charge is 0.238 e. The summed E-state index contributed by atoms with van der Waals surface area (Å²) in [5, 5.41) is 10.7. The zero-order valence-corrected chi connectivity index (χ0v) is 14.2. The van der Waals surface area contributed by atoms with E-state index in [2.05, 4.69) is 4.74 Å². The first-order valence-electron chi connectivity index (χ1n) is 6.78. The van der Waals surface area contributed by atoms with E-state index < -0.39 is 6.04 Å². The van der Waals surface area contributed by atoms with Crippen LogP contribution in [0.3, 0.4) is 0 Å². The Bertz CT molecular complexity index is 345. The van der Waals surface area contributed by atoms with E-state index in [1.165, 1.54) is 0 Å². The van der Waals surface area contributed by atoms with Gasteiger partial charge in [-0.15, -0.1) is 0 Å². The number of benzene rings is 1. The molecule has 0 aliphatic rings. The number of nitro groups is 1. The van der Waals surface area contributed by atoms with Gasteiger partial charge in [0.05, 0.1) is 0 Å². The van der Waals surface area contributed by atoms with E-state index in [0.717, 1.165) is 6.61 Å². The third-order valence-electron chi connectivity index (χ3n) is 2.29. The Morgan fingerprint density at radius 2 is 1.76 bits per heavy atom. The van der Waals surface area contributed by atoms with Crippen LogP contribution < -0.4 is 0 Å². The molecular formula is C15H27NO4S. The summed E-state index contributed by atoms with van der Waals surface area (Å²) >= 11 is 0. The molecule has 0 spiro atoms. The maximum atomic E-state index is 10.7. The number of carbonyl (C=O) groups excluding carboxylic acids is 1. The highest BCUT2D eigenvalue weighted by atomic mass is 32.1. The van der Waals surface area contributed by atoms with Crippen molar-refractivity contribution in [3.05, 3.63) is 46.0 Å². The highest BCUT2D eigenvalue weighted by Gasteiger charge is 2.21. The quantitative estimate of drug-likeness (QED) is 0.455. The lowest BCUT2D eigenvalue weighted by Gasteiger charge is -2.07. The number of rotatable bonds is 6. The highest BCUT2D eigenvalue weighted by molar-refractivity contribution is 7.59. The monoisotopic (exact) mass is 317 g/mol. The Balaban J connectivity index is -0.000000401. The molecule has 0 heterocycles. The van der Waals surface area contributed by atoms with E-state index in [4.69, 9.17) is 0 Å². The summed E-state index contributed by atoms with van der Waals surface area (Å²) < 4.78 is 4.54. The standard InChI is InChI=1S/C10H11NO3.C3H8O.C2H6.H2S/c12-8-4-7-10(11(13)14)9-5-2-1-3-6-9;1-3-4-2;1-2;/h1-3,5-6,8,10H,4,7H2;3H2,1-2H3;1-2H3;1H2. The van der Waals surface area contributed by atoms with Crippen molar-refractivity contribution >= 4 is 19.8 Å². The summed E-state index contributed by atoms with van der Waals surface area (Å²) in [5.74, 6) is 0. The van der Waals surface area contributed by atoms with E-state index in [1.54, 1.807) is 37.4 Å². The number of nitrogens with zero attached hydrogens (tertiary/aromatic N) is 1. The van der Waals surface area contributed by atoms with Crippen LogP contribution in [0.4, 0.5) is 0 Å². The Morgan fingerprint density at radius 3 is 2.10 bits per heavy atom. The lowest BCUT2D eigenvalue weighted by molar-refractivity contribution is -0.529. The molecule has 0 radical (unpaired) electrons. The lowest BCUT2D eigenvalue weighted by atomic mass is 10.0. The van der Waals surface area contributed by atoms with Crippen LogP contribution in [0.5, 0.6) is 0 Å². The summed E-state index contributed by atoms with van der Waals surface area (Å²) in [5.41, 5.74) is 0.652. The molecule has 0 saturated carbocycles. The maximum absolute atomic E-state index is 10.7. The van der Waals surface area contributed by atoms with Crippen molar-refractivity contribution in [2.24, 2.45) is 0 Å². The lowest BCUT2D eigenvalue weighted by Crippen LogP contribution is -2.10. The van der Waals surface area contributed by atoms with Crippen LogP contribution in [0.15, 0.2) is 30.3 Å². The minimum atomic E-state index is -0.763. The van der Waals surface area contributed by atoms with Crippen molar-refractivity contribution in [1.29, 1.82) is 0 Å². The molecule has 0 aliphatic heterocycles. The normalized spacial score (nSPS) is 9.71. The molecule has 0 bridgehead atoms. The third kappa shape index (κ3) is 13.3. The van der Waals surface area contributed by atoms with Crippen molar-refractivity contribution in [2.75, 3.05) is 13.7 Å². The second-order valence-corrected chi connectivity index (χ2v) is 3.53. The van der Waals surface area contributed by atoms with Crippen molar-refractivity contribution in [1.82, 2.24) is 0 Å². The number of carbonyl (C=O) groups is 1. The number of ether oxygens (including phenoxy) is 1. The van der Waals surface area contributed by atoms with Gasteiger partial charge in [0.2, 0.25) is 6.04 Å². The zero-order chi connectivity index (χ0) is 15.8. The molecule has 1 atom stereocenters. The van der Waals surface area contributed by atoms with E-state index in [9.17, 15) is 14.9 Å². The Hall–Kier alpha value is -1.40. The number of aldehydes is 1. The molecule has 122 valence electrons. The van der Waals surface area contributed by atoms with Crippen molar-refractivity contribution < 1.29 is 14.5 Å². The van der Waals surface area contributed by atoms with E-state index in [-0.39, 0.29) is 31.3 Å². The van der Waals surface area contributed by atoms with Gasteiger partial charge >= 0.3 is 0 Å². The summed E-state index contributed by atoms with van der Waals surface area (Å²) in [6.45, 7) is 6.78. The molecule has 1 aromatic carbocycles. The van der Waals surface area contributed by atoms with Gasteiger partial charge in [0.15, 0.2) is 0 Å². The molecule has 5 nitrogen and oxygen atoms in total. The van der Waals surface area contributed by atoms with Crippen LogP contribution in [0.2, 0.25) is 0 Å². The van der Waals surface area contributed by atoms with Crippen LogP contribution in [0.1, 0.15) is 45.2 Å². The molecule has 0 aromatic heterocycles. The van der Waals surface area contributed by atoms with Gasteiger partial charge in [-0.05, 0) is 6.92 Å². The zero-order valence-electron chi connectivity index (χ0n) is 13.2. The molecule has 1 rings (SSSR count). The minimum Gasteiger partial charge on any atom is -0.385 e. The fourth-order valence-corrected chi connectivity index (χ4v) is 1.29. The van der Waals surface area contributed by atoms with Gasteiger partial charge in [0.1, 0.15) is 6.29 Å². The average Bonchev–Trinajstić information content (AvgIpc) is 2.51. The topological polar surface area (TPSA) is 69.4 Å². The molecule has 0 fully saturated rings. The number of hydrogen-bond acceptors (Lipinski definition) is 4. The molecule has 6 heteroatoms. The van der Waals surface area contributed by atoms with Crippen LogP contribution in [-0.2, 0) is 9.53 Å². The van der Waals surface area contributed by atoms with Crippen LogP contribution in [-0.4, -0.2) is 24.9 Å². The predicted molar refractivity (Wildman–Crippen MR) is 90.8 cm³/mol. The molecular weight excluding hydrogens is 290 g/mol. The summed E-state index contributed by atoms with van der Waals surface area (Å²) in [4.78, 5) is 20.5. The Kier molecular flexibility index (Phi) is 21.8. The molecule has 0 aliphatic carbocycles. The Labute approximate surface area is 134 Å². The SMILES string of the molecule is CC.CCOC.O=CCCC(c1ccccc1)[N+](=O)[O-].S. The van der Waals surface area contributed by atoms with Crippen LogP contribution in [0.25, 0.3) is 0 Å². The summed E-state index contributed by atoms with van der Waals surface area (Å²) in [7, 11) is 1.68. The molecule has 1 aromatic rings. The number of hydrogen-bond donors (Lipinski definition) is 0. The maximum Gasteiger partial charge on any atom is 0.238 e. The van der Waals surface area contributed by atoms with Gasteiger partial charge in [0.25, 0.3) is 0 Å². The minimum absolute atomic E-state index is 0. The van der Waals surface area contributed by atoms with Crippen molar-refractivity contribution in [3.63, 3.8) is 0 Å². The second-order valence-electron chi connectivity index (χ2n) is 3.53. The first kappa shape index (κ1) is 24.6. The van der Waals surface area contributed by atoms with Gasteiger partial charge < -0.3 is 9.53 Å².